The van der Waals surface area contributed by atoms with Gasteiger partial charge in [-0.05, 0) is 31.0 Å². The van der Waals surface area contributed by atoms with Gasteiger partial charge in [0.1, 0.15) is 12.2 Å². The second kappa shape index (κ2) is 11.5. The zero-order valence-corrected chi connectivity index (χ0v) is 18.6. The summed E-state index contributed by atoms with van der Waals surface area (Å²) in [4.78, 5) is 22.7. The molecule has 8 nitrogen and oxygen atoms in total. The summed E-state index contributed by atoms with van der Waals surface area (Å²) in [5.74, 6) is 1.61. The van der Waals surface area contributed by atoms with Crippen LogP contribution in [-0.4, -0.2) is 58.7 Å². The first kappa shape index (κ1) is 22.9. The monoisotopic (exact) mass is 485 g/mol. The van der Waals surface area contributed by atoms with E-state index < -0.39 is 0 Å². The molecule has 148 valence electrons. The second-order valence-electron chi connectivity index (χ2n) is 5.92. The van der Waals surface area contributed by atoms with Gasteiger partial charge in [0, 0.05) is 39.8 Å². The highest BCUT2D eigenvalue weighted by atomic mass is 127. The minimum Gasteiger partial charge on any atom is -0.357 e. The average Bonchev–Trinajstić information content (AvgIpc) is 3.05. The summed E-state index contributed by atoms with van der Waals surface area (Å²) < 4.78 is 1.75. The summed E-state index contributed by atoms with van der Waals surface area (Å²) >= 11 is 0. The van der Waals surface area contributed by atoms with Gasteiger partial charge in [-0.2, -0.15) is 5.10 Å². The number of nitrogens with zero attached hydrogens (tertiary/aromatic N) is 5. The maximum absolute atomic E-state index is 11.7. The van der Waals surface area contributed by atoms with Crippen molar-refractivity contribution in [2.45, 2.75) is 19.9 Å². The average molecular weight is 485 g/mol. The Morgan fingerprint density at radius 1 is 1.37 bits per heavy atom. The van der Waals surface area contributed by atoms with Crippen LogP contribution >= 0.6 is 24.0 Å². The summed E-state index contributed by atoms with van der Waals surface area (Å²) in [5, 5.41) is 10.0. The normalized spacial score (nSPS) is 10.9. The van der Waals surface area contributed by atoms with Crippen molar-refractivity contribution < 1.29 is 4.79 Å². The van der Waals surface area contributed by atoms with E-state index in [-0.39, 0.29) is 29.9 Å². The second-order valence-corrected chi connectivity index (χ2v) is 5.92. The van der Waals surface area contributed by atoms with Gasteiger partial charge in [0.2, 0.25) is 0 Å². The fourth-order valence-corrected chi connectivity index (χ4v) is 2.52. The van der Waals surface area contributed by atoms with Crippen LogP contribution in [0.25, 0.3) is 0 Å². The molecule has 0 aliphatic carbocycles. The fraction of sp³-hybridized carbons (Fsp3) is 0.444. The van der Waals surface area contributed by atoms with E-state index in [0.717, 1.165) is 30.3 Å². The van der Waals surface area contributed by atoms with E-state index in [1.807, 2.05) is 50.2 Å². The zero-order valence-electron chi connectivity index (χ0n) is 16.3. The van der Waals surface area contributed by atoms with Crippen LogP contribution in [-0.2, 0) is 20.0 Å². The predicted octanol–water partition coefficient (Wildman–Crippen LogP) is 1.43. The molecular weight excluding hydrogens is 457 g/mol. The molecule has 0 spiro atoms. The van der Waals surface area contributed by atoms with Gasteiger partial charge in [0.05, 0.1) is 6.54 Å². The molecule has 0 fully saturated rings. The lowest BCUT2D eigenvalue weighted by molar-refractivity contribution is 0.0963. The van der Waals surface area contributed by atoms with Gasteiger partial charge in [-0.3, -0.25) is 14.5 Å². The van der Waals surface area contributed by atoms with E-state index in [1.54, 1.807) is 18.1 Å². The predicted molar refractivity (Wildman–Crippen MR) is 117 cm³/mol. The number of rotatable bonds is 7. The Morgan fingerprint density at radius 3 is 2.78 bits per heavy atom. The molecule has 0 aliphatic rings. The van der Waals surface area contributed by atoms with Crippen molar-refractivity contribution in [1.82, 2.24) is 30.3 Å². The Bertz CT molecular complexity index is 760. The number of carbonyl (C=O) groups excluding carboxylic acids is 1. The van der Waals surface area contributed by atoms with E-state index in [9.17, 15) is 4.79 Å². The van der Waals surface area contributed by atoms with Crippen molar-refractivity contribution in [2.24, 2.45) is 12.0 Å². The lowest BCUT2D eigenvalue weighted by atomic mass is 10.1. The van der Waals surface area contributed by atoms with Gasteiger partial charge in [-0.1, -0.05) is 12.1 Å². The van der Waals surface area contributed by atoms with Gasteiger partial charge < -0.3 is 15.5 Å². The molecule has 0 aliphatic heterocycles. The van der Waals surface area contributed by atoms with Gasteiger partial charge in [0.15, 0.2) is 5.96 Å². The summed E-state index contributed by atoms with van der Waals surface area (Å²) in [6.45, 7) is 4.07. The molecule has 0 atom stereocenters. The molecule has 27 heavy (non-hydrogen) atoms. The van der Waals surface area contributed by atoms with Crippen molar-refractivity contribution in [3.63, 3.8) is 0 Å². The maximum Gasteiger partial charge on any atom is 0.251 e. The Hall–Kier alpha value is -2.17. The third-order valence-electron chi connectivity index (χ3n) is 3.96. The number of hydrogen-bond donors (Lipinski definition) is 2. The molecule has 2 N–H and O–H groups in total. The fourth-order valence-electron chi connectivity index (χ4n) is 2.52. The van der Waals surface area contributed by atoms with Crippen LogP contribution in [0.4, 0.5) is 0 Å². The number of hydrogen-bond acceptors (Lipinski definition) is 4. The topological polar surface area (TPSA) is 87.4 Å². The lowest BCUT2D eigenvalue weighted by Crippen LogP contribution is -2.39. The Morgan fingerprint density at radius 2 is 2.15 bits per heavy atom. The summed E-state index contributed by atoms with van der Waals surface area (Å²) in [5.41, 5.74) is 1.75. The minimum atomic E-state index is -0.0768. The van der Waals surface area contributed by atoms with E-state index >= 15 is 0 Å². The molecule has 2 aromatic rings. The number of benzene rings is 1. The van der Waals surface area contributed by atoms with Crippen molar-refractivity contribution in [1.29, 1.82) is 0 Å². The number of amides is 1. The summed E-state index contributed by atoms with van der Waals surface area (Å²) in [7, 11) is 5.48. The largest absolute Gasteiger partial charge is 0.357 e. The van der Waals surface area contributed by atoms with Crippen LogP contribution in [0, 0.1) is 0 Å². The number of halogens is 1. The van der Waals surface area contributed by atoms with Crippen LogP contribution in [0.2, 0.25) is 0 Å². The number of aliphatic imine (C=N–C) groups is 1. The number of guanidine groups is 1. The minimum absolute atomic E-state index is 0. The highest BCUT2D eigenvalue weighted by molar-refractivity contribution is 14.0. The smallest absolute Gasteiger partial charge is 0.251 e. The first-order chi connectivity index (χ1) is 12.5. The van der Waals surface area contributed by atoms with Crippen molar-refractivity contribution in [3.05, 3.63) is 47.5 Å². The Kier molecular flexibility index (Phi) is 9.76. The Balaban J connectivity index is 0.00000364. The SMILES string of the molecule is CCNC(=NCCc1cccc(C(=O)NC)c1)N(C)Cc1ncnn1C.I. The van der Waals surface area contributed by atoms with Gasteiger partial charge in [-0.15, -0.1) is 24.0 Å². The van der Waals surface area contributed by atoms with E-state index in [4.69, 9.17) is 0 Å². The first-order valence-corrected chi connectivity index (χ1v) is 8.68. The molecule has 9 heteroatoms. The maximum atomic E-state index is 11.7. The quantitative estimate of drug-likeness (QED) is 0.352. The van der Waals surface area contributed by atoms with E-state index in [2.05, 4.69) is 25.7 Å². The highest BCUT2D eigenvalue weighted by Gasteiger charge is 2.10. The molecule has 1 amide bonds. The molecule has 2 rings (SSSR count). The highest BCUT2D eigenvalue weighted by Crippen LogP contribution is 2.07. The Labute approximate surface area is 177 Å². The molecule has 0 saturated carbocycles. The van der Waals surface area contributed by atoms with Crippen LogP contribution in [0.15, 0.2) is 35.6 Å². The molecular formula is C18H28IN7O. The van der Waals surface area contributed by atoms with Crippen molar-refractivity contribution >= 4 is 35.8 Å². The first-order valence-electron chi connectivity index (χ1n) is 8.68. The van der Waals surface area contributed by atoms with Gasteiger partial charge in [-0.25, -0.2) is 4.98 Å². The van der Waals surface area contributed by atoms with Crippen molar-refractivity contribution in [2.75, 3.05) is 27.2 Å². The number of carbonyl (C=O) groups is 1. The molecule has 0 unspecified atom stereocenters. The van der Waals surface area contributed by atoms with Crippen LogP contribution < -0.4 is 10.6 Å². The number of aryl methyl sites for hydroxylation is 1. The molecule has 0 radical (unpaired) electrons. The molecule has 0 bridgehead atoms. The molecule has 1 aromatic heterocycles. The molecule has 1 aromatic carbocycles. The zero-order chi connectivity index (χ0) is 18.9. The third-order valence-corrected chi connectivity index (χ3v) is 3.96. The van der Waals surface area contributed by atoms with E-state index in [1.165, 1.54) is 0 Å². The molecule has 1 heterocycles. The standard InChI is InChI=1S/C18H27N7O.HI/c1-5-20-18(24(3)12-16-22-13-23-25(16)4)21-10-9-14-7-6-8-15(11-14)17(26)19-2;/h6-8,11,13H,5,9-10,12H2,1-4H3,(H,19,26)(H,20,21);1H. The van der Waals surface area contributed by atoms with Crippen LogP contribution in [0.5, 0.6) is 0 Å². The van der Waals surface area contributed by atoms with Crippen LogP contribution in [0.1, 0.15) is 28.7 Å². The number of aromatic nitrogens is 3. The number of nitrogens with one attached hydrogen (secondary N) is 2. The summed E-state index contributed by atoms with van der Waals surface area (Å²) in [6, 6.07) is 7.63. The lowest BCUT2D eigenvalue weighted by Gasteiger charge is -2.21. The van der Waals surface area contributed by atoms with Crippen LogP contribution in [0.3, 0.4) is 0 Å². The van der Waals surface area contributed by atoms with Gasteiger partial charge in [0.25, 0.3) is 5.91 Å². The van der Waals surface area contributed by atoms with Crippen molar-refractivity contribution in [3.8, 4) is 0 Å². The third kappa shape index (κ3) is 6.81. The van der Waals surface area contributed by atoms with Gasteiger partial charge >= 0.3 is 0 Å². The summed E-state index contributed by atoms with van der Waals surface area (Å²) in [6.07, 6.45) is 2.31. The van der Waals surface area contributed by atoms with E-state index in [0.29, 0.717) is 18.7 Å². The molecule has 0 saturated heterocycles.